The van der Waals surface area contributed by atoms with Gasteiger partial charge in [0.2, 0.25) is 0 Å². The van der Waals surface area contributed by atoms with E-state index in [2.05, 4.69) is 15.9 Å². The number of carbonyl (C=O) groups excluding carboxylic acids is 1. The summed E-state index contributed by atoms with van der Waals surface area (Å²) in [5.74, 6) is -1.55. The van der Waals surface area contributed by atoms with Crippen LogP contribution in [0.2, 0.25) is 0 Å². The van der Waals surface area contributed by atoms with E-state index in [0.29, 0.717) is 21.1 Å². The van der Waals surface area contributed by atoms with Crippen LogP contribution in [-0.4, -0.2) is 22.2 Å². The predicted octanol–water partition coefficient (Wildman–Crippen LogP) is 5.39. The lowest BCUT2D eigenvalue weighted by Crippen LogP contribution is -2.08. The normalized spacial score (nSPS) is 11.1. The van der Waals surface area contributed by atoms with Crippen LogP contribution >= 0.6 is 27.7 Å². The lowest BCUT2D eigenvalue weighted by atomic mass is 10.1. The molecule has 8 heteroatoms. The van der Waals surface area contributed by atoms with Gasteiger partial charge in [-0.25, -0.2) is 13.6 Å². The number of aryl methyl sites for hydroxylation is 1. The number of phenolic OH excluding ortho intramolecular Hbond substituents is 1. The van der Waals surface area contributed by atoms with E-state index in [1.54, 1.807) is 24.6 Å². The molecule has 142 valence electrons. The number of esters is 1. The lowest BCUT2D eigenvalue weighted by Gasteiger charge is -2.08. The van der Waals surface area contributed by atoms with Crippen LogP contribution < -0.4 is 0 Å². The molecule has 0 spiro atoms. The van der Waals surface area contributed by atoms with E-state index in [0.717, 1.165) is 23.3 Å². The van der Waals surface area contributed by atoms with Crippen LogP contribution in [0, 0.1) is 11.6 Å². The molecule has 4 nitrogen and oxygen atoms in total. The molecule has 1 N–H and O–H groups in total. The fraction of sp³-hybridized carbons (Fsp3) is 0.211. The van der Waals surface area contributed by atoms with E-state index >= 15 is 0 Å². The van der Waals surface area contributed by atoms with Crippen molar-refractivity contribution in [2.75, 3.05) is 6.61 Å². The zero-order valence-electron chi connectivity index (χ0n) is 14.6. The standard InChI is InChI=1S/C19H16BrF2NO3S/c1-3-26-19(25)18-11-7-16(24)12(20)8-14(11)23(2)15(18)9-27-17-5-4-10(21)6-13(17)22/h4-8,24H,3,9H2,1-2H3. The second kappa shape index (κ2) is 7.90. The highest BCUT2D eigenvalue weighted by Gasteiger charge is 2.24. The minimum absolute atomic E-state index is 0.00225. The van der Waals surface area contributed by atoms with Crippen molar-refractivity contribution in [2.24, 2.45) is 7.05 Å². The van der Waals surface area contributed by atoms with Crippen LogP contribution in [0.4, 0.5) is 8.78 Å². The van der Waals surface area contributed by atoms with Crippen LogP contribution in [0.1, 0.15) is 23.0 Å². The topological polar surface area (TPSA) is 51.5 Å². The number of hydrogen-bond donors (Lipinski definition) is 1. The molecular weight excluding hydrogens is 440 g/mol. The Morgan fingerprint density at radius 3 is 2.70 bits per heavy atom. The van der Waals surface area contributed by atoms with E-state index in [4.69, 9.17) is 4.74 Å². The predicted molar refractivity (Wildman–Crippen MR) is 104 cm³/mol. The molecule has 27 heavy (non-hydrogen) atoms. The second-order valence-electron chi connectivity index (χ2n) is 5.79. The molecule has 0 aliphatic carbocycles. The number of hydrogen-bond acceptors (Lipinski definition) is 4. The van der Waals surface area contributed by atoms with Gasteiger partial charge in [-0.05, 0) is 47.1 Å². The van der Waals surface area contributed by atoms with Crippen LogP contribution in [0.25, 0.3) is 10.9 Å². The Balaban J connectivity index is 2.08. The minimum atomic E-state index is -0.656. The van der Waals surface area contributed by atoms with Crippen molar-refractivity contribution in [1.29, 1.82) is 0 Å². The van der Waals surface area contributed by atoms with Gasteiger partial charge in [0.05, 0.1) is 22.2 Å². The van der Waals surface area contributed by atoms with Gasteiger partial charge >= 0.3 is 5.97 Å². The zero-order valence-corrected chi connectivity index (χ0v) is 17.0. The van der Waals surface area contributed by atoms with Crippen LogP contribution in [0.3, 0.4) is 0 Å². The summed E-state index contributed by atoms with van der Waals surface area (Å²) in [5.41, 5.74) is 1.67. The van der Waals surface area contributed by atoms with Gasteiger partial charge in [-0.2, -0.15) is 0 Å². The molecule has 0 amide bonds. The van der Waals surface area contributed by atoms with E-state index in [1.165, 1.54) is 18.2 Å². The quantitative estimate of drug-likeness (QED) is 0.413. The van der Waals surface area contributed by atoms with E-state index in [9.17, 15) is 18.7 Å². The Kier molecular flexibility index (Phi) is 5.76. The van der Waals surface area contributed by atoms with Crippen LogP contribution in [-0.2, 0) is 17.5 Å². The maximum atomic E-state index is 13.9. The number of aromatic hydroxyl groups is 1. The molecule has 0 atom stereocenters. The van der Waals surface area contributed by atoms with Gasteiger partial charge in [-0.15, -0.1) is 11.8 Å². The fourth-order valence-corrected chi connectivity index (χ4v) is 4.16. The average Bonchev–Trinajstić information content (AvgIpc) is 2.87. The van der Waals surface area contributed by atoms with Crippen molar-refractivity contribution < 1.29 is 23.4 Å². The SMILES string of the molecule is CCOC(=O)c1c(CSc2ccc(F)cc2F)n(C)c2cc(Br)c(O)cc12. The number of fused-ring (bicyclic) bond motifs is 1. The molecule has 0 aliphatic rings. The molecule has 3 rings (SSSR count). The Hall–Kier alpha value is -2.06. The van der Waals surface area contributed by atoms with Crippen molar-refractivity contribution in [3.8, 4) is 5.75 Å². The molecule has 0 radical (unpaired) electrons. The highest BCUT2D eigenvalue weighted by atomic mass is 79.9. The minimum Gasteiger partial charge on any atom is -0.507 e. The number of aromatic nitrogens is 1. The summed E-state index contributed by atoms with van der Waals surface area (Å²) in [6.45, 7) is 1.91. The number of phenols is 1. The third kappa shape index (κ3) is 3.82. The number of benzene rings is 2. The van der Waals surface area contributed by atoms with Gasteiger partial charge in [-0.3, -0.25) is 0 Å². The number of halogens is 3. The molecule has 3 aromatic rings. The third-order valence-corrected chi connectivity index (χ3v) is 5.82. The van der Waals surface area contributed by atoms with E-state index in [1.807, 2.05) is 0 Å². The summed E-state index contributed by atoms with van der Waals surface area (Å²) in [6.07, 6.45) is 0. The van der Waals surface area contributed by atoms with Gasteiger partial charge in [0.15, 0.2) is 0 Å². The summed E-state index contributed by atoms with van der Waals surface area (Å²) in [6, 6.07) is 6.59. The average molecular weight is 456 g/mol. The Labute approximate surface area is 167 Å². The molecule has 1 aromatic heterocycles. The largest absolute Gasteiger partial charge is 0.507 e. The number of nitrogens with zero attached hydrogens (tertiary/aromatic N) is 1. The lowest BCUT2D eigenvalue weighted by molar-refractivity contribution is 0.0527. The maximum Gasteiger partial charge on any atom is 0.340 e. The summed E-state index contributed by atoms with van der Waals surface area (Å²) in [7, 11) is 1.78. The van der Waals surface area contributed by atoms with Crippen LogP contribution in [0.5, 0.6) is 5.75 Å². The van der Waals surface area contributed by atoms with Gasteiger partial charge in [-0.1, -0.05) is 0 Å². The number of ether oxygens (including phenoxy) is 1. The zero-order chi connectivity index (χ0) is 19.7. The second-order valence-corrected chi connectivity index (χ2v) is 7.66. The van der Waals surface area contributed by atoms with Gasteiger partial charge < -0.3 is 14.4 Å². The van der Waals surface area contributed by atoms with Crippen molar-refractivity contribution in [1.82, 2.24) is 4.57 Å². The molecule has 0 saturated carbocycles. The Bertz CT molecular complexity index is 1040. The number of carbonyl (C=O) groups is 1. The molecule has 0 unspecified atom stereocenters. The Morgan fingerprint density at radius 2 is 2.04 bits per heavy atom. The third-order valence-electron chi connectivity index (χ3n) is 4.13. The number of thioether (sulfide) groups is 1. The molecule has 0 saturated heterocycles. The highest BCUT2D eigenvalue weighted by molar-refractivity contribution is 9.10. The van der Waals surface area contributed by atoms with Crippen molar-refractivity contribution in [3.05, 3.63) is 57.7 Å². The van der Waals surface area contributed by atoms with Crippen LogP contribution in [0.15, 0.2) is 39.7 Å². The molecular formula is C19H16BrF2NO3S. The van der Waals surface area contributed by atoms with Gasteiger partial charge in [0.1, 0.15) is 17.4 Å². The smallest absolute Gasteiger partial charge is 0.340 e. The summed E-state index contributed by atoms with van der Waals surface area (Å²) in [5, 5.41) is 10.6. The monoisotopic (exact) mass is 455 g/mol. The number of rotatable bonds is 5. The highest BCUT2D eigenvalue weighted by Crippen LogP contribution is 2.37. The fourth-order valence-electron chi connectivity index (χ4n) is 2.84. The summed E-state index contributed by atoms with van der Waals surface area (Å²) < 4.78 is 34.5. The Morgan fingerprint density at radius 1 is 1.30 bits per heavy atom. The first-order valence-electron chi connectivity index (χ1n) is 8.08. The molecule has 0 fully saturated rings. The van der Waals surface area contributed by atoms with Gasteiger partial charge in [0.25, 0.3) is 0 Å². The first-order chi connectivity index (χ1) is 12.8. The summed E-state index contributed by atoms with van der Waals surface area (Å²) >= 11 is 4.43. The first-order valence-corrected chi connectivity index (χ1v) is 9.86. The van der Waals surface area contributed by atoms with Crippen molar-refractivity contribution in [2.45, 2.75) is 17.6 Å². The van der Waals surface area contributed by atoms with E-state index < -0.39 is 17.6 Å². The maximum absolute atomic E-state index is 13.9. The van der Waals surface area contributed by atoms with Crippen molar-refractivity contribution >= 4 is 44.6 Å². The molecule has 1 heterocycles. The first kappa shape index (κ1) is 19.7. The molecule has 0 aliphatic heterocycles. The molecule has 2 aromatic carbocycles. The van der Waals surface area contributed by atoms with Gasteiger partial charge in [0, 0.05) is 34.8 Å². The van der Waals surface area contributed by atoms with Crippen molar-refractivity contribution in [3.63, 3.8) is 0 Å². The summed E-state index contributed by atoms with van der Waals surface area (Å²) in [4.78, 5) is 12.8. The van der Waals surface area contributed by atoms with E-state index in [-0.39, 0.29) is 23.0 Å². The molecule has 0 bridgehead atoms.